The van der Waals surface area contributed by atoms with Crippen LogP contribution in [-0.4, -0.2) is 24.8 Å². The molecule has 2 aromatic carbocycles. The number of rotatable bonds is 6. The van der Waals surface area contributed by atoms with E-state index in [2.05, 4.69) is 11.4 Å². The van der Waals surface area contributed by atoms with E-state index in [-0.39, 0.29) is 5.91 Å². The molecule has 3 rings (SSSR count). The van der Waals surface area contributed by atoms with E-state index in [1.54, 1.807) is 11.8 Å². The van der Waals surface area contributed by atoms with E-state index in [9.17, 15) is 4.79 Å². The van der Waals surface area contributed by atoms with Crippen molar-refractivity contribution < 1.29 is 9.53 Å². The zero-order chi connectivity index (χ0) is 16.1. The van der Waals surface area contributed by atoms with Crippen LogP contribution in [0, 0.1) is 0 Å². The molecule has 1 aliphatic heterocycles. The molecule has 5 heteroatoms. The number of amides is 1. The monoisotopic (exact) mass is 347 g/mol. The SMILES string of the molecule is O=C(Cc1ccc2c(c1)CCO2)NCCSc1ccc(Cl)cc1. The van der Waals surface area contributed by atoms with Gasteiger partial charge in [-0.1, -0.05) is 23.7 Å². The number of hydrogen-bond donors (Lipinski definition) is 1. The van der Waals surface area contributed by atoms with Gasteiger partial charge in [-0.15, -0.1) is 11.8 Å². The molecule has 1 aliphatic rings. The first-order valence-electron chi connectivity index (χ1n) is 7.60. The van der Waals surface area contributed by atoms with E-state index >= 15 is 0 Å². The predicted molar refractivity (Wildman–Crippen MR) is 94.5 cm³/mol. The molecular weight excluding hydrogens is 330 g/mol. The molecule has 2 aromatic rings. The summed E-state index contributed by atoms with van der Waals surface area (Å²) in [5.41, 5.74) is 2.24. The molecule has 0 atom stereocenters. The third-order valence-electron chi connectivity index (χ3n) is 3.63. The lowest BCUT2D eigenvalue weighted by Crippen LogP contribution is -2.27. The van der Waals surface area contributed by atoms with E-state index in [1.807, 2.05) is 36.4 Å². The lowest BCUT2D eigenvalue weighted by Gasteiger charge is -2.07. The molecule has 0 fully saturated rings. The Balaban J connectivity index is 1.40. The lowest BCUT2D eigenvalue weighted by atomic mass is 10.1. The van der Waals surface area contributed by atoms with Crippen LogP contribution in [0.15, 0.2) is 47.4 Å². The predicted octanol–water partition coefficient (Wildman–Crippen LogP) is 3.73. The normalized spacial score (nSPS) is 12.6. The van der Waals surface area contributed by atoms with Crippen LogP contribution in [0.1, 0.15) is 11.1 Å². The van der Waals surface area contributed by atoms with Gasteiger partial charge >= 0.3 is 0 Å². The van der Waals surface area contributed by atoms with Crippen molar-refractivity contribution in [1.29, 1.82) is 0 Å². The highest BCUT2D eigenvalue weighted by Gasteiger charge is 2.13. The first-order chi connectivity index (χ1) is 11.2. The minimum atomic E-state index is 0.0561. The number of benzene rings is 2. The molecule has 0 aromatic heterocycles. The van der Waals surface area contributed by atoms with Gasteiger partial charge in [0.2, 0.25) is 5.91 Å². The Hall–Kier alpha value is -1.65. The van der Waals surface area contributed by atoms with E-state index in [1.165, 1.54) is 5.56 Å². The summed E-state index contributed by atoms with van der Waals surface area (Å²) in [4.78, 5) is 13.2. The van der Waals surface area contributed by atoms with Gasteiger partial charge in [0.05, 0.1) is 13.0 Å². The molecule has 1 amide bonds. The van der Waals surface area contributed by atoms with Gasteiger partial charge in [-0.2, -0.15) is 0 Å². The zero-order valence-corrected chi connectivity index (χ0v) is 14.3. The Morgan fingerprint density at radius 3 is 2.87 bits per heavy atom. The number of halogens is 1. The number of fused-ring (bicyclic) bond motifs is 1. The second kappa shape index (κ2) is 7.75. The first-order valence-corrected chi connectivity index (χ1v) is 8.97. The van der Waals surface area contributed by atoms with E-state index in [0.29, 0.717) is 13.0 Å². The summed E-state index contributed by atoms with van der Waals surface area (Å²) in [5, 5.41) is 3.70. The average Bonchev–Trinajstić information content (AvgIpc) is 3.01. The highest BCUT2D eigenvalue weighted by molar-refractivity contribution is 7.99. The van der Waals surface area contributed by atoms with Crippen LogP contribution < -0.4 is 10.1 Å². The van der Waals surface area contributed by atoms with Gasteiger partial charge in [0.15, 0.2) is 0 Å². The minimum Gasteiger partial charge on any atom is -0.493 e. The van der Waals surface area contributed by atoms with Crippen LogP contribution in [0.5, 0.6) is 5.75 Å². The fraction of sp³-hybridized carbons (Fsp3) is 0.278. The Morgan fingerprint density at radius 2 is 2.04 bits per heavy atom. The van der Waals surface area contributed by atoms with Crippen molar-refractivity contribution in [1.82, 2.24) is 5.32 Å². The maximum atomic E-state index is 12.0. The van der Waals surface area contributed by atoms with Crippen LogP contribution in [0.4, 0.5) is 0 Å². The van der Waals surface area contributed by atoms with Crippen molar-refractivity contribution in [2.75, 3.05) is 18.9 Å². The number of thioether (sulfide) groups is 1. The van der Waals surface area contributed by atoms with Crippen LogP contribution in [0.2, 0.25) is 5.02 Å². The molecule has 23 heavy (non-hydrogen) atoms. The summed E-state index contributed by atoms with van der Waals surface area (Å²) in [7, 11) is 0. The maximum Gasteiger partial charge on any atom is 0.224 e. The fourth-order valence-electron chi connectivity index (χ4n) is 2.49. The summed E-state index contributed by atoms with van der Waals surface area (Å²) in [6.45, 7) is 1.40. The van der Waals surface area contributed by atoms with E-state index in [4.69, 9.17) is 16.3 Å². The van der Waals surface area contributed by atoms with Crippen LogP contribution in [0.25, 0.3) is 0 Å². The summed E-state index contributed by atoms with van der Waals surface area (Å²) >= 11 is 7.56. The summed E-state index contributed by atoms with van der Waals surface area (Å²) < 4.78 is 5.48. The molecule has 3 nitrogen and oxygen atoms in total. The van der Waals surface area contributed by atoms with Gasteiger partial charge in [-0.3, -0.25) is 4.79 Å². The number of carbonyl (C=O) groups excluding carboxylic acids is 1. The van der Waals surface area contributed by atoms with Crippen LogP contribution >= 0.6 is 23.4 Å². The second-order valence-corrected chi connectivity index (χ2v) is 6.97. The van der Waals surface area contributed by atoms with E-state index < -0.39 is 0 Å². The number of nitrogens with one attached hydrogen (secondary N) is 1. The third-order valence-corrected chi connectivity index (χ3v) is 4.89. The molecule has 0 aliphatic carbocycles. The molecule has 0 saturated heterocycles. The fourth-order valence-corrected chi connectivity index (χ4v) is 3.38. The number of carbonyl (C=O) groups is 1. The van der Waals surface area contributed by atoms with Crippen molar-refractivity contribution >= 4 is 29.3 Å². The number of ether oxygens (including phenoxy) is 1. The topological polar surface area (TPSA) is 38.3 Å². The second-order valence-electron chi connectivity index (χ2n) is 5.37. The smallest absolute Gasteiger partial charge is 0.224 e. The Labute approximate surface area is 145 Å². The molecule has 0 saturated carbocycles. The largest absolute Gasteiger partial charge is 0.493 e. The molecule has 0 spiro atoms. The molecule has 1 heterocycles. The van der Waals surface area contributed by atoms with Gasteiger partial charge in [-0.05, 0) is 41.5 Å². The molecule has 0 radical (unpaired) electrons. The summed E-state index contributed by atoms with van der Waals surface area (Å²) in [5.74, 6) is 1.85. The standard InChI is InChI=1S/C18H18ClNO2S/c19-15-2-4-16(5-3-15)23-10-8-20-18(21)12-13-1-6-17-14(11-13)7-9-22-17/h1-6,11H,7-10,12H2,(H,20,21). The first kappa shape index (κ1) is 16.2. The minimum absolute atomic E-state index is 0.0561. The summed E-state index contributed by atoms with van der Waals surface area (Å²) in [6.07, 6.45) is 1.35. The zero-order valence-electron chi connectivity index (χ0n) is 12.7. The number of hydrogen-bond acceptors (Lipinski definition) is 3. The van der Waals surface area contributed by atoms with Crippen molar-refractivity contribution in [3.63, 3.8) is 0 Å². The van der Waals surface area contributed by atoms with Gasteiger partial charge in [0.25, 0.3) is 0 Å². The van der Waals surface area contributed by atoms with Gasteiger partial charge in [-0.25, -0.2) is 0 Å². The van der Waals surface area contributed by atoms with Crippen molar-refractivity contribution in [2.45, 2.75) is 17.7 Å². The van der Waals surface area contributed by atoms with Crippen molar-refractivity contribution in [2.24, 2.45) is 0 Å². The van der Waals surface area contributed by atoms with Gasteiger partial charge < -0.3 is 10.1 Å². The lowest BCUT2D eigenvalue weighted by molar-refractivity contribution is -0.120. The van der Waals surface area contributed by atoms with Crippen molar-refractivity contribution in [3.05, 3.63) is 58.6 Å². The Morgan fingerprint density at radius 1 is 1.22 bits per heavy atom. The molecule has 0 unspecified atom stereocenters. The Kier molecular flexibility index (Phi) is 5.47. The highest BCUT2D eigenvalue weighted by Crippen LogP contribution is 2.26. The maximum absolute atomic E-state index is 12.0. The van der Waals surface area contributed by atoms with Gasteiger partial charge in [0.1, 0.15) is 5.75 Å². The molecular formula is C18H18ClNO2S. The van der Waals surface area contributed by atoms with Crippen LogP contribution in [0.3, 0.4) is 0 Å². The van der Waals surface area contributed by atoms with Crippen LogP contribution in [-0.2, 0) is 17.6 Å². The molecule has 0 bridgehead atoms. The third kappa shape index (κ3) is 4.66. The average molecular weight is 348 g/mol. The molecule has 120 valence electrons. The van der Waals surface area contributed by atoms with E-state index in [0.717, 1.165) is 40.0 Å². The highest BCUT2D eigenvalue weighted by atomic mass is 35.5. The molecule has 1 N–H and O–H groups in total. The quantitative estimate of drug-likeness (QED) is 0.639. The Bertz CT molecular complexity index is 688. The summed E-state index contributed by atoms with van der Waals surface area (Å²) in [6, 6.07) is 13.7. The van der Waals surface area contributed by atoms with Gasteiger partial charge in [0, 0.05) is 28.6 Å². The van der Waals surface area contributed by atoms with Crippen molar-refractivity contribution in [3.8, 4) is 5.75 Å².